The van der Waals surface area contributed by atoms with Crippen LogP contribution in [0.2, 0.25) is 4.34 Å². The molecule has 0 spiro atoms. The molecule has 1 heterocycles. The maximum atomic E-state index is 11.8. The van der Waals surface area contributed by atoms with Gasteiger partial charge in [-0.05, 0) is 0 Å². The van der Waals surface area contributed by atoms with Crippen molar-refractivity contribution in [1.82, 2.24) is 4.98 Å². The fraction of sp³-hybridized carbons (Fsp3) is 0.500. The van der Waals surface area contributed by atoms with Crippen LogP contribution in [0.1, 0.15) is 0 Å². The second-order valence-electron chi connectivity index (χ2n) is 2.41. The van der Waals surface area contributed by atoms with Crippen molar-refractivity contribution in [1.29, 1.82) is 0 Å². The molecule has 0 saturated carbocycles. The minimum absolute atomic E-state index is 0.248. The van der Waals surface area contributed by atoms with Gasteiger partial charge in [0.25, 0.3) is 0 Å². The van der Waals surface area contributed by atoms with E-state index in [0.29, 0.717) is 4.34 Å². The first-order valence-corrected chi connectivity index (χ1v) is 4.69. The Bertz CT molecular complexity index is 304. The van der Waals surface area contributed by atoms with Crippen molar-refractivity contribution in [3.05, 3.63) is 10.5 Å². The summed E-state index contributed by atoms with van der Waals surface area (Å²) >= 11 is 6.50. The monoisotopic (exact) mass is 246 g/mol. The van der Waals surface area contributed by atoms with E-state index >= 15 is 0 Å². The summed E-state index contributed by atoms with van der Waals surface area (Å²) in [7, 11) is 0. The average molecular weight is 247 g/mol. The lowest BCUT2D eigenvalue weighted by Gasteiger charge is -2.14. The Balaban J connectivity index is 2.41. The summed E-state index contributed by atoms with van der Waals surface area (Å²) in [5, 5.41) is 11.2. The van der Waals surface area contributed by atoms with Crippen LogP contribution in [0, 0.1) is 0 Å². The number of aliphatic hydroxyl groups excluding tert-OH is 1. The van der Waals surface area contributed by atoms with Gasteiger partial charge in [0.2, 0.25) is 0 Å². The first kappa shape index (κ1) is 11.5. The predicted octanol–water partition coefficient (Wildman–Crippen LogP) is 2.13. The molecule has 1 atom stereocenters. The molecule has 0 aliphatic carbocycles. The molecule has 8 heteroatoms. The summed E-state index contributed by atoms with van der Waals surface area (Å²) in [5.41, 5.74) is 0. The summed E-state index contributed by atoms with van der Waals surface area (Å²) in [5.74, 6) is 0. The maximum Gasteiger partial charge on any atom is 0.416 e. The Morgan fingerprint density at radius 2 is 2.29 bits per heavy atom. The van der Waals surface area contributed by atoms with Crippen LogP contribution in [-0.2, 0) is 0 Å². The second kappa shape index (κ2) is 4.33. The fourth-order valence-corrected chi connectivity index (χ4v) is 1.45. The minimum Gasteiger partial charge on any atom is -0.382 e. The van der Waals surface area contributed by atoms with Gasteiger partial charge in [0.15, 0.2) is 11.2 Å². The summed E-state index contributed by atoms with van der Waals surface area (Å²) in [6.45, 7) is -0.632. The fourth-order valence-electron chi connectivity index (χ4n) is 0.636. The highest BCUT2D eigenvalue weighted by Crippen LogP contribution is 2.24. The number of hydrogen-bond acceptors (Lipinski definition) is 4. The molecule has 1 aromatic rings. The van der Waals surface area contributed by atoms with Crippen LogP contribution in [0.15, 0.2) is 6.20 Å². The van der Waals surface area contributed by atoms with Crippen LogP contribution in [0.3, 0.4) is 0 Å². The van der Waals surface area contributed by atoms with Gasteiger partial charge in [-0.2, -0.15) is 13.2 Å². The van der Waals surface area contributed by atoms with Gasteiger partial charge in [-0.3, -0.25) is 0 Å². The molecule has 0 bridgehead atoms. The molecule has 0 aliphatic rings. The Kier molecular flexibility index (Phi) is 3.57. The number of nitrogens with zero attached hydrogens (tertiary/aromatic N) is 1. The minimum atomic E-state index is -4.62. The zero-order valence-electron chi connectivity index (χ0n) is 6.68. The molecule has 0 amide bonds. The van der Waals surface area contributed by atoms with E-state index in [4.69, 9.17) is 16.7 Å². The number of aliphatic hydroxyl groups is 1. The van der Waals surface area contributed by atoms with E-state index < -0.39 is 18.8 Å². The van der Waals surface area contributed by atoms with Gasteiger partial charge in [-0.1, -0.05) is 22.9 Å². The molecule has 0 fully saturated rings. The zero-order chi connectivity index (χ0) is 10.8. The van der Waals surface area contributed by atoms with E-state index in [1.54, 1.807) is 0 Å². The molecule has 3 nitrogen and oxygen atoms in total. The molecule has 1 aromatic heterocycles. The standard InChI is InChI=1S/C6H6ClF3N2OS/c7-4-2-12-5(14-4)11-1-3(13)6(8,9)10/h2-3,13H,1H2,(H,11,12)/t3-/m0/s1. The van der Waals surface area contributed by atoms with Gasteiger partial charge in [0, 0.05) is 0 Å². The van der Waals surface area contributed by atoms with Crippen LogP contribution in [0.4, 0.5) is 18.3 Å². The van der Waals surface area contributed by atoms with E-state index in [9.17, 15) is 13.2 Å². The molecule has 0 saturated heterocycles. The molecule has 2 N–H and O–H groups in total. The van der Waals surface area contributed by atoms with Gasteiger partial charge < -0.3 is 10.4 Å². The zero-order valence-corrected chi connectivity index (χ0v) is 8.25. The summed E-state index contributed by atoms with van der Waals surface area (Å²) in [6, 6.07) is 0. The number of nitrogens with one attached hydrogen (secondary N) is 1. The largest absolute Gasteiger partial charge is 0.416 e. The predicted molar refractivity (Wildman–Crippen MR) is 47.7 cm³/mol. The van der Waals surface area contributed by atoms with E-state index in [1.165, 1.54) is 6.20 Å². The van der Waals surface area contributed by atoms with Crippen molar-refractivity contribution in [2.45, 2.75) is 12.3 Å². The van der Waals surface area contributed by atoms with Crippen molar-refractivity contribution in [3.63, 3.8) is 0 Å². The number of aromatic nitrogens is 1. The Labute approximate surface area is 86.5 Å². The van der Waals surface area contributed by atoms with E-state index in [-0.39, 0.29) is 5.13 Å². The molecule has 0 radical (unpaired) electrons. The van der Waals surface area contributed by atoms with Crippen molar-refractivity contribution < 1.29 is 18.3 Å². The molecule has 80 valence electrons. The third kappa shape index (κ3) is 3.32. The molecule has 1 rings (SSSR count). The van der Waals surface area contributed by atoms with Crippen molar-refractivity contribution in [2.75, 3.05) is 11.9 Å². The first-order valence-electron chi connectivity index (χ1n) is 3.49. The lowest BCUT2D eigenvalue weighted by atomic mass is 10.3. The molecule has 14 heavy (non-hydrogen) atoms. The third-order valence-electron chi connectivity index (χ3n) is 1.30. The molecule has 0 aliphatic heterocycles. The normalized spacial score (nSPS) is 14.1. The lowest BCUT2D eigenvalue weighted by molar-refractivity contribution is -0.198. The Morgan fingerprint density at radius 1 is 1.64 bits per heavy atom. The van der Waals surface area contributed by atoms with Crippen LogP contribution in [0.25, 0.3) is 0 Å². The SMILES string of the molecule is O[C@@H](CNc1ncc(Cl)s1)C(F)(F)F. The highest BCUT2D eigenvalue weighted by Gasteiger charge is 2.37. The van der Waals surface area contributed by atoms with Crippen LogP contribution in [0.5, 0.6) is 0 Å². The molecular formula is C6H6ClF3N2OS. The quantitative estimate of drug-likeness (QED) is 0.859. The van der Waals surface area contributed by atoms with E-state index in [1.807, 2.05) is 0 Å². The van der Waals surface area contributed by atoms with Gasteiger partial charge in [-0.25, -0.2) is 4.98 Å². The highest BCUT2D eigenvalue weighted by atomic mass is 35.5. The number of thiazole rings is 1. The Morgan fingerprint density at radius 3 is 2.71 bits per heavy atom. The number of hydrogen-bond donors (Lipinski definition) is 2. The van der Waals surface area contributed by atoms with Crippen LogP contribution < -0.4 is 5.32 Å². The number of rotatable bonds is 3. The van der Waals surface area contributed by atoms with Crippen molar-refractivity contribution >= 4 is 28.1 Å². The third-order valence-corrected chi connectivity index (χ3v) is 2.37. The van der Waals surface area contributed by atoms with E-state index in [2.05, 4.69) is 10.3 Å². The summed E-state index contributed by atoms with van der Waals surface area (Å²) < 4.78 is 35.8. The van der Waals surface area contributed by atoms with Gasteiger partial charge in [0.05, 0.1) is 12.7 Å². The van der Waals surface area contributed by atoms with Crippen LogP contribution in [-0.4, -0.2) is 28.9 Å². The summed E-state index contributed by atoms with van der Waals surface area (Å²) in [4.78, 5) is 3.67. The van der Waals surface area contributed by atoms with Gasteiger partial charge in [0.1, 0.15) is 4.34 Å². The maximum absolute atomic E-state index is 11.8. The number of halogens is 4. The molecule has 0 aromatic carbocycles. The van der Waals surface area contributed by atoms with Gasteiger partial charge >= 0.3 is 6.18 Å². The van der Waals surface area contributed by atoms with Crippen LogP contribution >= 0.6 is 22.9 Å². The second-order valence-corrected chi connectivity index (χ2v) is 4.07. The molecular weight excluding hydrogens is 241 g/mol. The summed E-state index contributed by atoms with van der Waals surface area (Å²) in [6.07, 6.45) is -5.70. The van der Waals surface area contributed by atoms with Crippen molar-refractivity contribution in [3.8, 4) is 0 Å². The number of anilines is 1. The highest BCUT2D eigenvalue weighted by molar-refractivity contribution is 7.19. The molecule has 0 unspecified atom stereocenters. The first-order chi connectivity index (χ1) is 6.39. The average Bonchev–Trinajstić information content (AvgIpc) is 2.45. The van der Waals surface area contributed by atoms with Gasteiger partial charge in [-0.15, -0.1) is 0 Å². The Hall–Kier alpha value is -0.530. The topological polar surface area (TPSA) is 45.1 Å². The van der Waals surface area contributed by atoms with Crippen molar-refractivity contribution in [2.24, 2.45) is 0 Å². The number of alkyl halides is 3. The van der Waals surface area contributed by atoms with E-state index in [0.717, 1.165) is 11.3 Å². The smallest absolute Gasteiger partial charge is 0.382 e. The lowest BCUT2D eigenvalue weighted by Crippen LogP contribution is -2.34.